The summed E-state index contributed by atoms with van der Waals surface area (Å²) in [7, 11) is 0. The predicted octanol–water partition coefficient (Wildman–Crippen LogP) is 8.81. The van der Waals surface area contributed by atoms with Gasteiger partial charge in [-0.1, -0.05) is 84.4 Å². The summed E-state index contributed by atoms with van der Waals surface area (Å²) in [5, 5.41) is 9.10. The van der Waals surface area contributed by atoms with Crippen LogP contribution in [0.25, 0.3) is 65.3 Å². The first kappa shape index (κ1) is 19.6. The minimum Gasteiger partial charge on any atom is -0.289 e. The predicted molar refractivity (Wildman–Crippen MR) is 150 cm³/mol. The summed E-state index contributed by atoms with van der Waals surface area (Å²) >= 11 is 6.66. The molecule has 0 N–H and O–H groups in total. The summed E-state index contributed by atoms with van der Waals surface area (Å²) in [5.74, 6) is 0.0756. The van der Waals surface area contributed by atoms with Crippen LogP contribution in [0.3, 0.4) is 0 Å². The Morgan fingerprint density at radius 3 is 1.51 bits per heavy atom. The molecule has 2 nitrogen and oxygen atoms in total. The lowest BCUT2D eigenvalue weighted by Gasteiger charge is -2.25. The van der Waals surface area contributed by atoms with Crippen LogP contribution >= 0.6 is 11.6 Å². The van der Waals surface area contributed by atoms with Crippen molar-refractivity contribution in [2.75, 3.05) is 0 Å². The van der Waals surface area contributed by atoms with Crippen molar-refractivity contribution in [3.8, 4) is 22.3 Å². The Hall–Kier alpha value is -4.53. The summed E-state index contributed by atoms with van der Waals surface area (Å²) in [6, 6.07) is 30.1. The smallest absolute Gasteiger partial charge is 0.194 e. The first-order valence-electron chi connectivity index (χ1n) is 12.3. The lowest BCUT2D eigenvalue weighted by atomic mass is 9.77. The second kappa shape index (κ2) is 6.42. The van der Waals surface area contributed by atoms with Gasteiger partial charge in [0.15, 0.2) is 11.6 Å². The van der Waals surface area contributed by atoms with Gasteiger partial charge in [-0.3, -0.25) is 9.59 Å². The van der Waals surface area contributed by atoms with Crippen LogP contribution in [0.1, 0.15) is 31.8 Å². The Labute approximate surface area is 216 Å². The van der Waals surface area contributed by atoms with Crippen LogP contribution < -0.4 is 0 Å². The third-order valence-electron chi connectivity index (χ3n) is 8.38. The van der Waals surface area contributed by atoms with Gasteiger partial charge >= 0.3 is 0 Å². The van der Waals surface area contributed by atoms with Crippen molar-refractivity contribution in [2.24, 2.45) is 0 Å². The fourth-order valence-electron chi connectivity index (χ4n) is 6.89. The highest BCUT2D eigenvalue weighted by atomic mass is 35.5. The maximum atomic E-state index is 13.6. The van der Waals surface area contributed by atoms with Crippen LogP contribution in [0, 0.1) is 0 Å². The average Bonchev–Trinajstić information content (AvgIpc) is 2.94. The molecule has 2 aliphatic rings. The molecular formula is C34H15ClO2. The van der Waals surface area contributed by atoms with Gasteiger partial charge in [-0.2, -0.15) is 0 Å². The highest BCUT2D eigenvalue weighted by molar-refractivity contribution is 6.43. The molecule has 0 aliphatic heterocycles. The maximum Gasteiger partial charge on any atom is 0.194 e. The topological polar surface area (TPSA) is 34.1 Å². The molecule has 2 aliphatic carbocycles. The molecule has 37 heavy (non-hydrogen) atoms. The van der Waals surface area contributed by atoms with Crippen molar-refractivity contribution in [2.45, 2.75) is 0 Å². The lowest BCUT2D eigenvalue weighted by Crippen LogP contribution is -2.11. The number of rotatable bonds is 0. The zero-order chi connectivity index (χ0) is 24.6. The minimum atomic E-state index is 0.00643. The molecule has 7 aromatic carbocycles. The Morgan fingerprint density at radius 2 is 0.865 bits per heavy atom. The molecule has 0 amide bonds. The Morgan fingerprint density at radius 1 is 0.378 bits per heavy atom. The van der Waals surface area contributed by atoms with Gasteiger partial charge in [-0.25, -0.2) is 0 Å². The average molecular weight is 491 g/mol. The summed E-state index contributed by atoms with van der Waals surface area (Å²) < 4.78 is 0. The van der Waals surface area contributed by atoms with Crippen molar-refractivity contribution in [3.05, 3.63) is 118 Å². The van der Waals surface area contributed by atoms with E-state index in [1.54, 1.807) is 0 Å². The molecule has 0 atom stereocenters. The maximum absolute atomic E-state index is 13.6. The van der Waals surface area contributed by atoms with Gasteiger partial charge in [0.05, 0.1) is 0 Å². The highest BCUT2D eigenvalue weighted by Crippen LogP contribution is 2.51. The molecule has 7 aromatic rings. The van der Waals surface area contributed by atoms with E-state index >= 15 is 0 Å². The second-order valence-corrected chi connectivity index (χ2v) is 10.4. The third kappa shape index (κ3) is 2.16. The molecule has 0 fully saturated rings. The summed E-state index contributed by atoms with van der Waals surface area (Å²) in [6.07, 6.45) is 0. The van der Waals surface area contributed by atoms with E-state index in [4.69, 9.17) is 11.6 Å². The normalized spacial score (nSPS) is 13.6. The lowest BCUT2D eigenvalue weighted by molar-refractivity contribution is 0.103. The van der Waals surface area contributed by atoms with E-state index in [9.17, 15) is 9.59 Å². The van der Waals surface area contributed by atoms with E-state index in [1.807, 2.05) is 54.6 Å². The molecule has 0 radical (unpaired) electrons. The molecule has 0 bridgehead atoms. The Kier molecular flexibility index (Phi) is 3.41. The van der Waals surface area contributed by atoms with Crippen molar-refractivity contribution >= 4 is 66.3 Å². The van der Waals surface area contributed by atoms with Crippen LogP contribution in [0.15, 0.2) is 91.0 Å². The number of fused-ring (bicyclic) bond motifs is 6. The second-order valence-electron chi connectivity index (χ2n) is 10.0. The van der Waals surface area contributed by atoms with E-state index in [2.05, 4.69) is 36.4 Å². The fourth-order valence-corrected chi connectivity index (χ4v) is 7.17. The van der Waals surface area contributed by atoms with Gasteiger partial charge in [0.2, 0.25) is 0 Å². The van der Waals surface area contributed by atoms with Crippen LogP contribution in [-0.4, -0.2) is 11.6 Å². The van der Waals surface area contributed by atoms with E-state index in [0.29, 0.717) is 16.1 Å². The Balaban J connectivity index is 1.53. The molecular weight excluding hydrogens is 476 g/mol. The highest BCUT2D eigenvalue weighted by Gasteiger charge is 2.31. The number of carbonyl (C=O) groups is 2. The van der Waals surface area contributed by atoms with Crippen LogP contribution in [0.2, 0.25) is 5.02 Å². The van der Waals surface area contributed by atoms with Crippen molar-refractivity contribution < 1.29 is 9.59 Å². The molecule has 0 aromatic heterocycles. The molecule has 170 valence electrons. The molecule has 0 saturated carbocycles. The summed E-state index contributed by atoms with van der Waals surface area (Å²) in [4.78, 5) is 27.1. The first-order chi connectivity index (χ1) is 18.1. The van der Waals surface area contributed by atoms with E-state index in [1.165, 1.54) is 0 Å². The number of benzene rings is 7. The molecule has 0 saturated heterocycles. The first-order valence-corrected chi connectivity index (χ1v) is 12.7. The summed E-state index contributed by atoms with van der Waals surface area (Å²) in [6.45, 7) is 0. The SMILES string of the molecule is O=C1c2ccccc2-c2ccc3c4ccc5c6c(ccc(c7ccc1c2c73)c64)C(=O)c1cccc(Cl)c1-5. The van der Waals surface area contributed by atoms with Crippen LogP contribution in [0.5, 0.6) is 0 Å². The standard InChI is InChI=1S/C34H15ClO2/c35-27-7-3-6-24-28(27)23-13-10-19-18-9-8-17-16-4-1-2-5-22(16)33(36)25-14-11-20(29(18)31(17)25)21-12-15-26(34(24)37)32(23)30(19)21/h1-15H. The van der Waals surface area contributed by atoms with Gasteiger partial charge in [-0.15, -0.1) is 0 Å². The number of hydrogen-bond donors (Lipinski definition) is 0. The number of ketones is 2. The fraction of sp³-hybridized carbons (Fsp3) is 0. The number of carbonyl (C=O) groups excluding carboxylic acids is 2. The van der Waals surface area contributed by atoms with Gasteiger partial charge in [0.1, 0.15) is 0 Å². The van der Waals surface area contributed by atoms with Gasteiger partial charge in [-0.05, 0) is 67.2 Å². The van der Waals surface area contributed by atoms with E-state index < -0.39 is 0 Å². The molecule has 0 heterocycles. The van der Waals surface area contributed by atoms with Gasteiger partial charge in [0.25, 0.3) is 0 Å². The van der Waals surface area contributed by atoms with Crippen molar-refractivity contribution in [1.29, 1.82) is 0 Å². The van der Waals surface area contributed by atoms with Gasteiger partial charge in [0, 0.05) is 43.6 Å². The molecule has 9 rings (SSSR count). The zero-order valence-corrected chi connectivity index (χ0v) is 20.1. The van der Waals surface area contributed by atoms with Crippen LogP contribution in [0.4, 0.5) is 0 Å². The third-order valence-corrected chi connectivity index (χ3v) is 8.70. The molecule has 0 unspecified atom stereocenters. The van der Waals surface area contributed by atoms with Gasteiger partial charge < -0.3 is 0 Å². The van der Waals surface area contributed by atoms with E-state index in [-0.39, 0.29) is 11.6 Å². The number of hydrogen-bond acceptors (Lipinski definition) is 2. The quantitative estimate of drug-likeness (QED) is 0.157. The Bertz CT molecular complexity index is 2220. The van der Waals surface area contributed by atoms with Crippen molar-refractivity contribution in [1.82, 2.24) is 0 Å². The molecule has 3 heteroatoms. The molecule has 0 spiro atoms. The zero-order valence-electron chi connectivity index (χ0n) is 19.4. The van der Waals surface area contributed by atoms with Crippen molar-refractivity contribution in [3.63, 3.8) is 0 Å². The van der Waals surface area contributed by atoms with E-state index in [0.717, 1.165) is 76.5 Å². The van der Waals surface area contributed by atoms with Crippen LogP contribution in [-0.2, 0) is 0 Å². The number of halogens is 1. The largest absolute Gasteiger partial charge is 0.289 e. The summed E-state index contributed by atoms with van der Waals surface area (Å²) in [5.41, 5.74) is 6.74. The minimum absolute atomic E-state index is 0.00643. The monoisotopic (exact) mass is 490 g/mol.